The molecule has 0 aromatic heterocycles. The lowest BCUT2D eigenvalue weighted by atomic mass is 9.79. The van der Waals surface area contributed by atoms with Crippen molar-refractivity contribution in [3.05, 3.63) is 35.9 Å². The molecule has 1 saturated heterocycles. The van der Waals surface area contributed by atoms with Gasteiger partial charge in [0, 0.05) is 31.3 Å². The first-order valence-electron chi connectivity index (χ1n) is 9.64. The fourth-order valence-corrected chi connectivity index (χ4v) is 5.71. The Morgan fingerprint density at radius 1 is 1.19 bits per heavy atom. The van der Waals surface area contributed by atoms with E-state index in [1.807, 2.05) is 6.07 Å². The van der Waals surface area contributed by atoms with E-state index < -0.39 is 9.84 Å². The monoisotopic (exact) mass is 378 g/mol. The van der Waals surface area contributed by atoms with Gasteiger partial charge in [-0.25, -0.2) is 13.2 Å². The van der Waals surface area contributed by atoms with Crippen LogP contribution >= 0.6 is 0 Å². The number of carbonyl (C=O) groups excluding carboxylic acids is 1. The van der Waals surface area contributed by atoms with Crippen molar-refractivity contribution >= 4 is 15.9 Å². The van der Waals surface area contributed by atoms with Gasteiger partial charge in [-0.05, 0) is 37.2 Å². The molecule has 1 aromatic carbocycles. The van der Waals surface area contributed by atoms with Crippen molar-refractivity contribution in [1.29, 1.82) is 0 Å². The predicted octanol–water partition coefficient (Wildman–Crippen LogP) is 2.96. The van der Waals surface area contributed by atoms with Crippen LogP contribution in [0.25, 0.3) is 0 Å². The van der Waals surface area contributed by atoms with Crippen LogP contribution in [-0.2, 0) is 15.3 Å². The second-order valence-electron chi connectivity index (χ2n) is 8.06. The number of amides is 2. The highest BCUT2D eigenvalue weighted by Crippen LogP contribution is 2.40. The molecule has 1 heterocycles. The van der Waals surface area contributed by atoms with Crippen molar-refractivity contribution in [2.75, 3.05) is 31.6 Å². The van der Waals surface area contributed by atoms with Crippen LogP contribution in [0.1, 0.15) is 44.1 Å². The first-order chi connectivity index (χ1) is 12.4. The number of rotatable bonds is 5. The van der Waals surface area contributed by atoms with Gasteiger partial charge in [0.05, 0.1) is 5.75 Å². The molecule has 1 aromatic rings. The van der Waals surface area contributed by atoms with E-state index in [0.29, 0.717) is 19.6 Å². The number of nitrogens with one attached hydrogen (secondary N) is 1. The normalized spacial score (nSPS) is 23.0. The standard InChI is InChI=1S/C20H30N2O3S/c1-26(24,25)15-17-8-7-13-22(14-17)19(23)21-16-20(11-5-6-12-20)18-9-3-2-4-10-18/h2-4,9-10,17H,5-8,11-16H2,1H3,(H,21,23). The largest absolute Gasteiger partial charge is 0.337 e. The third-order valence-corrected chi connectivity index (χ3v) is 6.95. The average molecular weight is 379 g/mol. The lowest BCUT2D eigenvalue weighted by Gasteiger charge is -2.35. The van der Waals surface area contributed by atoms with Crippen LogP contribution in [-0.4, -0.2) is 51.0 Å². The van der Waals surface area contributed by atoms with Crippen molar-refractivity contribution < 1.29 is 13.2 Å². The zero-order valence-corrected chi connectivity index (χ0v) is 16.4. The molecule has 5 nitrogen and oxygen atoms in total. The summed E-state index contributed by atoms with van der Waals surface area (Å²) in [4.78, 5) is 14.5. The molecule has 0 spiro atoms. The van der Waals surface area contributed by atoms with E-state index in [0.717, 1.165) is 25.7 Å². The quantitative estimate of drug-likeness (QED) is 0.857. The number of piperidine rings is 1. The van der Waals surface area contributed by atoms with Crippen molar-refractivity contribution in [3.8, 4) is 0 Å². The number of likely N-dealkylation sites (tertiary alicyclic amines) is 1. The van der Waals surface area contributed by atoms with Gasteiger partial charge in [-0.2, -0.15) is 0 Å². The fourth-order valence-electron chi connectivity index (χ4n) is 4.58. The second-order valence-corrected chi connectivity index (χ2v) is 10.2. The number of nitrogens with zero attached hydrogens (tertiary/aromatic N) is 1. The number of hydrogen-bond donors (Lipinski definition) is 1. The predicted molar refractivity (Wildman–Crippen MR) is 104 cm³/mol. The number of urea groups is 1. The van der Waals surface area contributed by atoms with Crippen LogP contribution in [0.5, 0.6) is 0 Å². The maximum atomic E-state index is 12.7. The van der Waals surface area contributed by atoms with E-state index in [-0.39, 0.29) is 23.1 Å². The Labute approximate surface area is 157 Å². The molecule has 1 atom stereocenters. The molecule has 2 aliphatic rings. The third kappa shape index (κ3) is 4.78. The zero-order valence-electron chi connectivity index (χ0n) is 15.6. The molecule has 1 unspecified atom stereocenters. The van der Waals surface area contributed by atoms with E-state index in [4.69, 9.17) is 0 Å². The van der Waals surface area contributed by atoms with E-state index >= 15 is 0 Å². The summed E-state index contributed by atoms with van der Waals surface area (Å²) < 4.78 is 23.1. The Balaban J connectivity index is 1.60. The Morgan fingerprint density at radius 2 is 1.88 bits per heavy atom. The first-order valence-corrected chi connectivity index (χ1v) is 11.7. The Morgan fingerprint density at radius 3 is 2.54 bits per heavy atom. The van der Waals surface area contributed by atoms with Crippen LogP contribution < -0.4 is 5.32 Å². The summed E-state index contributed by atoms with van der Waals surface area (Å²) in [5.41, 5.74) is 1.35. The van der Waals surface area contributed by atoms with Gasteiger partial charge in [0.25, 0.3) is 0 Å². The minimum Gasteiger partial charge on any atom is -0.337 e. The number of hydrogen-bond acceptors (Lipinski definition) is 3. The topological polar surface area (TPSA) is 66.5 Å². The molecule has 0 bridgehead atoms. The molecule has 144 valence electrons. The minimum atomic E-state index is -3.00. The van der Waals surface area contributed by atoms with E-state index in [2.05, 4.69) is 29.6 Å². The maximum absolute atomic E-state index is 12.7. The number of benzene rings is 1. The molecule has 1 aliphatic carbocycles. The van der Waals surface area contributed by atoms with Gasteiger partial charge in [0.2, 0.25) is 0 Å². The molecular weight excluding hydrogens is 348 g/mol. The first kappa shape index (κ1) is 19.2. The summed E-state index contributed by atoms with van der Waals surface area (Å²) in [6.07, 6.45) is 7.63. The molecule has 2 fully saturated rings. The molecular formula is C20H30N2O3S. The van der Waals surface area contributed by atoms with Gasteiger partial charge in [-0.1, -0.05) is 43.2 Å². The fraction of sp³-hybridized carbons (Fsp3) is 0.650. The highest BCUT2D eigenvalue weighted by atomic mass is 32.2. The average Bonchev–Trinajstić information content (AvgIpc) is 3.09. The maximum Gasteiger partial charge on any atom is 0.317 e. The summed E-state index contributed by atoms with van der Waals surface area (Å²) in [7, 11) is -3.00. The number of sulfone groups is 1. The van der Waals surface area contributed by atoms with Gasteiger partial charge in [-0.3, -0.25) is 0 Å². The third-order valence-electron chi connectivity index (χ3n) is 5.87. The smallest absolute Gasteiger partial charge is 0.317 e. The van der Waals surface area contributed by atoms with E-state index in [1.54, 1.807) is 4.90 Å². The van der Waals surface area contributed by atoms with Crippen molar-refractivity contribution in [2.24, 2.45) is 5.92 Å². The van der Waals surface area contributed by atoms with Crippen LogP contribution in [0, 0.1) is 5.92 Å². The lowest BCUT2D eigenvalue weighted by molar-refractivity contribution is 0.167. The van der Waals surface area contributed by atoms with Crippen LogP contribution in [0.15, 0.2) is 30.3 Å². The molecule has 0 radical (unpaired) electrons. The molecule has 2 amide bonds. The van der Waals surface area contributed by atoms with E-state index in [1.165, 1.54) is 24.7 Å². The van der Waals surface area contributed by atoms with Gasteiger partial charge in [-0.15, -0.1) is 0 Å². The highest BCUT2D eigenvalue weighted by Gasteiger charge is 2.36. The van der Waals surface area contributed by atoms with Crippen LogP contribution in [0.3, 0.4) is 0 Å². The highest BCUT2D eigenvalue weighted by molar-refractivity contribution is 7.90. The Kier molecular flexibility index (Phi) is 5.90. The van der Waals surface area contributed by atoms with Gasteiger partial charge < -0.3 is 10.2 Å². The summed E-state index contributed by atoms with van der Waals surface area (Å²) in [5, 5.41) is 3.15. The van der Waals surface area contributed by atoms with E-state index in [9.17, 15) is 13.2 Å². The van der Waals surface area contributed by atoms with Crippen LogP contribution in [0.2, 0.25) is 0 Å². The van der Waals surface area contributed by atoms with Crippen LogP contribution in [0.4, 0.5) is 4.79 Å². The lowest BCUT2D eigenvalue weighted by Crippen LogP contribution is -2.49. The zero-order chi connectivity index (χ0) is 18.6. The Bertz CT molecular complexity index is 712. The molecule has 3 rings (SSSR count). The summed E-state index contributed by atoms with van der Waals surface area (Å²) >= 11 is 0. The molecule has 1 aliphatic heterocycles. The van der Waals surface area contributed by atoms with Gasteiger partial charge >= 0.3 is 6.03 Å². The summed E-state index contributed by atoms with van der Waals surface area (Å²) in [6, 6.07) is 10.4. The molecule has 26 heavy (non-hydrogen) atoms. The van der Waals surface area contributed by atoms with Gasteiger partial charge in [0.15, 0.2) is 0 Å². The van der Waals surface area contributed by atoms with Gasteiger partial charge in [0.1, 0.15) is 9.84 Å². The molecule has 1 N–H and O–H groups in total. The Hall–Kier alpha value is -1.56. The molecule has 6 heteroatoms. The SMILES string of the molecule is CS(=O)(=O)CC1CCCN(C(=O)NCC2(c3ccccc3)CCCC2)C1. The second kappa shape index (κ2) is 7.99. The number of carbonyl (C=O) groups is 1. The van der Waals surface area contributed by atoms with Crippen molar-refractivity contribution in [3.63, 3.8) is 0 Å². The van der Waals surface area contributed by atoms with Crippen molar-refractivity contribution in [2.45, 2.75) is 43.9 Å². The molecule has 1 saturated carbocycles. The minimum absolute atomic E-state index is 0.0405. The summed E-state index contributed by atoms with van der Waals surface area (Å²) in [6.45, 7) is 1.91. The van der Waals surface area contributed by atoms with Crippen molar-refractivity contribution in [1.82, 2.24) is 10.2 Å². The summed E-state index contributed by atoms with van der Waals surface area (Å²) in [5.74, 6) is 0.226.